The van der Waals surface area contributed by atoms with Gasteiger partial charge in [-0.1, -0.05) is 0 Å². The van der Waals surface area contributed by atoms with Gasteiger partial charge < -0.3 is 15.5 Å². The van der Waals surface area contributed by atoms with Crippen molar-refractivity contribution in [3.8, 4) is 0 Å². The number of nitrogens with zero attached hydrogens (tertiary/aromatic N) is 2. The molecule has 0 spiro atoms. The molecule has 0 heterocycles. The first-order valence-corrected chi connectivity index (χ1v) is 9.27. The molecule has 174 valence electrons. The van der Waals surface area contributed by atoms with Gasteiger partial charge in [0.1, 0.15) is 0 Å². The number of hydrogen-bond donors (Lipinski definition) is 4. The van der Waals surface area contributed by atoms with Gasteiger partial charge in [0.25, 0.3) is 17.3 Å². The number of hydroxylamine groups is 1. The van der Waals surface area contributed by atoms with Gasteiger partial charge >= 0.3 is 11.9 Å². The number of nitro benzene ring substituents is 2. The highest BCUT2D eigenvalue weighted by atomic mass is 16.6. The second-order valence-corrected chi connectivity index (χ2v) is 6.49. The molecular formula is C19H18N4O10. The number of amides is 1. The Hall–Kier alpha value is -4.43. The summed E-state index contributed by atoms with van der Waals surface area (Å²) in [5.41, 5.74) is 0.999. The molecule has 0 atom stereocenters. The van der Waals surface area contributed by atoms with Gasteiger partial charge in [-0.3, -0.25) is 29.9 Å². The lowest BCUT2D eigenvalue weighted by atomic mass is 10.1. The quantitative estimate of drug-likeness (QED) is 0.202. The van der Waals surface area contributed by atoms with Crippen LogP contribution in [0.3, 0.4) is 0 Å². The number of carboxylic acid groups (broad SMARTS) is 2. The monoisotopic (exact) mass is 462 g/mol. The highest BCUT2D eigenvalue weighted by Gasteiger charge is 2.20. The van der Waals surface area contributed by atoms with Crippen molar-refractivity contribution < 1.29 is 39.3 Å². The number of rotatable bonds is 12. The van der Waals surface area contributed by atoms with Crippen LogP contribution in [-0.2, 0) is 11.4 Å². The number of carboxylic acids is 2. The molecule has 0 radical (unpaired) electrons. The van der Waals surface area contributed by atoms with Crippen LogP contribution in [0.1, 0.15) is 43.1 Å². The third-order valence-electron chi connectivity index (χ3n) is 4.29. The maximum absolute atomic E-state index is 12.2. The van der Waals surface area contributed by atoms with E-state index in [1.165, 1.54) is 0 Å². The minimum absolute atomic E-state index is 0.0636. The molecule has 0 saturated heterocycles. The molecule has 2 rings (SSSR count). The van der Waals surface area contributed by atoms with E-state index in [1.807, 2.05) is 0 Å². The highest BCUT2D eigenvalue weighted by molar-refractivity contribution is 6.05. The van der Waals surface area contributed by atoms with Crippen molar-refractivity contribution in [1.29, 1.82) is 0 Å². The lowest BCUT2D eigenvalue weighted by Gasteiger charge is -2.10. The Balaban J connectivity index is 1.85. The van der Waals surface area contributed by atoms with E-state index in [9.17, 15) is 34.6 Å². The smallest absolute Gasteiger partial charge is 0.336 e. The topological polar surface area (TPSA) is 211 Å². The molecule has 0 aliphatic rings. The van der Waals surface area contributed by atoms with E-state index in [0.29, 0.717) is 6.42 Å². The fraction of sp³-hybridized carbons (Fsp3) is 0.211. The van der Waals surface area contributed by atoms with Gasteiger partial charge in [-0.2, -0.15) is 0 Å². The van der Waals surface area contributed by atoms with E-state index in [0.717, 1.165) is 36.4 Å². The molecule has 0 unspecified atom stereocenters. The van der Waals surface area contributed by atoms with E-state index in [4.69, 9.17) is 15.1 Å². The van der Waals surface area contributed by atoms with Crippen LogP contribution in [0.5, 0.6) is 0 Å². The maximum Gasteiger partial charge on any atom is 0.336 e. The van der Waals surface area contributed by atoms with E-state index in [1.54, 1.807) is 0 Å². The lowest BCUT2D eigenvalue weighted by Crippen LogP contribution is -2.28. The molecule has 0 saturated carbocycles. The van der Waals surface area contributed by atoms with E-state index in [2.05, 4.69) is 10.8 Å². The van der Waals surface area contributed by atoms with Crippen molar-refractivity contribution >= 4 is 29.2 Å². The van der Waals surface area contributed by atoms with Gasteiger partial charge in [0.15, 0.2) is 0 Å². The summed E-state index contributed by atoms with van der Waals surface area (Å²) in [6, 6.07) is 6.10. The SMILES string of the molecule is O=C(O)c1ccc([N+](=O)[O-])cc1CONCCCNC(=O)c1cc([N+](=O)[O-])ccc1C(=O)O. The average Bonchev–Trinajstić information content (AvgIpc) is 2.77. The summed E-state index contributed by atoms with van der Waals surface area (Å²) in [5, 5.41) is 42.5. The molecule has 0 aromatic heterocycles. The summed E-state index contributed by atoms with van der Waals surface area (Å²) in [4.78, 5) is 60.2. The van der Waals surface area contributed by atoms with Gasteiger partial charge in [-0.15, -0.1) is 0 Å². The van der Waals surface area contributed by atoms with Gasteiger partial charge in [-0.25, -0.2) is 15.1 Å². The van der Waals surface area contributed by atoms with Gasteiger partial charge in [0.2, 0.25) is 0 Å². The van der Waals surface area contributed by atoms with Crippen LogP contribution in [0.4, 0.5) is 11.4 Å². The van der Waals surface area contributed by atoms with Crippen LogP contribution in [0, 0.1) is 20.2 Å². The molecule has 14 heteroatoms. The molecule has 0 fully saturated rings. The lowest BCUT2D eigenvalue weighted by molar-refractivity contribution is -0.385. The summed E-state index contributed by atoms with van der Waals surface area (Å²) in [6.45, 7) is -0.0300. The first-order valence-electron chi connectivity index (χ1n) is 9.27. The molecule has 0 bridgehead atoms. The Labute approximate surface area is 185 Å². The Morgan fingerprint density at radius 2 is 1.42 bits per heavy atom. The zero-order chi connectivity index (χ0) is 24.5. The van der Waals surface area contributed by atoms with E-state index >= 15 is 0 Å². The number of non-ortho nitro benzene ring substituents is 2. The molecule has 33 heavy (non-hydrogen) atoms. The second-order valence-electron chi connectivity index (χ2n) is 6.49. The number of benzene rings is 2. The standard InChI is InChI=1S/C19H18N4O10/c24-17(16-9-13(23(31)32)3-5-15(16)19(27)28)20-6-1-7-21-33-10-11-8-12(22(29)30)2-4-14(11)18(25)26/h2-5,8-9,21H,1,6-7,10H2,(H,20,24)(H,25,26)(H,27,28). The van der Waals surface area contributed by atoms with Crippen molar-refractivity contribution in [2.24, 2.45) is 0 Å². The minimum Gasteiger partial charge on any atom is -0.478 e. The maximum atomic E-state index is 12.2. The summed E-state index contributed by atoms with van der Waals surface area (Å²) < 4.78 is 0. The van der Waals surface area contributed by atoms with Crippen molar-refractivity contribution in [3.05, 3.63) is 78.9 Å². The number of aromatic carboxylic acids is 2. The predicted octanol–water partition coefficient (Wildman–Crippen LogP) is 1.74. The molecule has 1 amide bonds. The molecule has 4 N–H and O–H groups in total. The zero-order valence-electron chi connectivity index (χ0n) is 16.8. The number of nitrogens with one attached hydrogen (secondary N) is 2. The Morgan fingerprint density at radius 3 is 2.00 bits per heavy atom. The zero-order valence-corrected chi connectivity index (χ0v) is 16.8. The third-order valence-corrected chi connectivity index (χ3v) is 4.29. The normalized spacial score (nSPS) is 10.4. The van der Waals surface area contributed by atoms with E-state index < -0.39 is 33.4 Å². The number of nitro groups is 2. The summed E-state index contributed by atoms with van der Waals surface area (Å²) in [6.07, 6.45) is 0.295. The van der Waals surface area contributed by atoms with Crippen LogP contribution in [-0.4, -0.2) is 51.0 Å². The second kappa shape index (κ2) is 11.3. The first-order chi connectivity index (χ1) is 15.6. The predicted molar refractivity (Wildman–Crippen MR) is 110 cm³/mol. The number of carbonyl (C=O) groups excluding carboxylic acids is 1. The molecule has 0 aliphatic heterocycles. The first kappa shape index (κ1) is 24.8. The van der Waals surface area contributed by atoms with E-state index in [-0.39, 0.29) is 47.6 Å². The van der Waals surface area contributed by atoms with Crippen LogP contribution in [0.15, 0.2) is 36.4 Å². The van der Waals surface area contributed by atoms with Crippen molar-refractivity contribution in [2.45, 2.75) is 13.0 Å². The Morgan fingerprint density at radius 1 is 0.848 bits per heavy atom. The average molecular weight is 462 g/mol. The van der Waals surface area contributed by atoms with Crippen molar-refractivity contribution in [3.63, 3.8) is 0 Å². The van der Waals surface area contributed by atoms with Crippen molar-refractivity contribution in [1.82, 2.24) is 10.8 Å². The molecule has 14 nitrogen and oxygen atoms in total. The Bertz CT molecular complexity index is 1100. The minimum atomic E-state index is -1.41. The summed E-state index contributed by atoms with van der Waals surface area (Å²) in [7, 11) is 0. The van der Waals surface area contributed by atoms with Crippen LogP contribution in [0.2, 0.25) is 0 Å². The third kappa shape index (κ3) is 6.78. The van der Waals surface area contributed by atoms with Gasteiger partial charge in [-0.05, 0) is 18.6 Å². The van der Waals surface area contributed by atoms with Crippen LogP contribution in [0.25, 0.3) is 0 Å². The molecule has 0 aliphatic carbocycles. The van der Waals surface area contributed by atoms with Gasteiger partial charge in [0.05, 0.1) is 33.1 Å². The van der Waals surface area contributed by atoms with Gasteiger partial charge in [0, 0.05) is 42.9 Å². The van der Waals surface area contributed by atoms with Crippen LogP contribution >= 0.6 is 0 Å². The van der Waals surface area contributed by atoms with Crippen molar-refractivity contribution in [2.75, 3.05) is 13.1 Å². The number of carbonyl (C=O) groups is 3. The fourth-order valence-corrected chi connectivity index (χ4v) is 2.70. The highest BCUT2D eigenvalue weighted by Crippen LogP contribution is 2.19. The largest absolute Gasteiger partial charge is 0.478 e. The van der Waals surface area contributed by atoms with Crippen LogP contribution < -0.4 is 10.8 Å². The summed E-state index contributed by atoms with van der Waals surface area (Å²) in [5.74, 6) is -3.49. The molecule has 2 aromatic rings. The molecule has 2 aromatic carbocycles. The Kier molecular flexibility index (Phi) is 8.48. The molecular weight excluding hydrogens is 444 g/mol. The fourth-order valence-electron chi connectivity index (χ4n) is 2.70. The summed E-state index contributed by atoms with van der Waals surface area (Å²) >= 11 is 0. The number of hydrogen-bond acceptors (Lipinski definition) is 9.